The van der Waals surface area contributed by atoms with Crippen LogP contribution in [0.3, 0.4) is 0 Å². The van der Waals surface area contributed by atoms with E-state index < -0.39 is 5.97 Å². The van der Waals surface area contributed by atoms with Crippen LogP contribution in [-0.2, 0) is 11.2 Å². The van der Waals surface area contributed by atoms with Crippen LogP contribution in [0, 0.1) is 6.92 Å². The van der Waals surface area contributed by atoms with Crippen molar-refractivity contribution in [3.63, 3.8) is 0 Å². The second kappa shape index (κ2) is 6.86. The molecule has 0 aliphatic rings. The lowest BCUT2D eigenvalue weighted by Crippen LogP contribution is -2.01. The van der Waals surface area contributed by atoms with Gasteiger partial charge in [0.15, 0.2) is 0 Å². The van der Waals surface area contributed by atoms with Crippen molar-refractivity contribution in [3.8, 4) is 0 Å². The summed E-state index contributed by atoms with van der Waals surface area (Å²) in [5, 5.41) is 8.98. The number of hydrogen-bond donors (Lipinski definition) is 1. The molecule has 2 aromatic rings. The maximum absolute atomic E-state index is 10.9. The molecule has 1 N–H and O–H groups in total. The van der Waals surface area contributed by atoms with Gasteiger partial charge in [-0.3, -0.25) is 4.79 Å². The summed E-state index contributed by atoms with van der Waals surface area (Å²) in [7, 11) is 0. The van der Waals surface area contributed by atoms with Crippen LogP contribution in [0.4, 0.5) is 0 Å². The third kappa shape index (κ3) is 4.05. The van der Waals surface area contributed by atoms with E-state index in [1.807, 2.05) is 31.4 Å². The van der Waals surface area contributed by atoms with Crippen LogP contribution >= 0.6 is 23.5 Å². The first-order valence-corrected chi connectivity index (χ1v) is 8.26. The minimum absolute atomic E-state index is 0.0610. The van der Waals surface area contributed by atoms with E-state index in [0.717, 1.165) is 20.9 Å². The van der Waals surface area contributed by atoms with Gasteiger partial charge in [0.05, 0.1) is 6.42 Å². The third-order valence-electron chi connectivity index (χ3n) is 2.85. The molecule has 4 heteroatoms. The minimum atomic E-state index is -0.798. The predicted molar refractivity (Wildman–Crippen MR) is 84.9 cm³/mol. The Morgan fingerprint density at radius 2 is 1.75 bits per heavy atom. The summed E-state index contributed by atoms with van der Waals surface area (Å²) in [6.07, 6.45) is 2.11. The molecule has 2 aromatic carbocycles. The highest BCUT2D eigenvalue weighted by Gasteiger charge is 2.08. The molecule has 20 heavy (non-hydrogen) atoms. The summed E-state index contributed by atoms with van der Waals surface area (Å²) < 4.78 is 0. The first-order chi connectivity index (χ1) is 9.58. The highest BCUT2D eigenvalue weighted by Crippen LogP contribution is 2.32. The van der Waals surface area contributed by atoms with Crippen molar-refractivity contribution >= 4 is 29.5 Å². The van der Waals surface area contributed by atoms with Crippen LogP contribution < -0.4 is 0 Å². The molecule has 0 atom stereocenters. The molecule has 2 rings (SSSR count). The standard InChI is InChI=1S/C16H16O2S2/c1-11-3-4-12(10-16(17)18)15(9-11)20-14-7-5-13(19-2)6-8-14/h3-9H,10H2,1-2H3,(H,17,18). The van der Waals surface area contributed by atoms with Crippen molar-refractivity contribution in [2.24, 2.45) is 0 Å². The molecule has 0 fully saturated rings. The fourth-order valence-electron chi connectivity index (χ4n) is 1.84. The summed E-state index contributed by atoms with van der Waals surface area (Å²) in [6.45, 7) is 2.02. The number of carbonyl (C=O) groups is 1. The largest absolute Gasteiger partial charge is 0.481 e. The first-order valence-electron chi connectivity index (χ1n) is 6.21. The molecular weight excluding hydrogens is 288 g/mol. The Morgan fingerprint density at radius 3 is 2.35 bits per heavy atom. The minimum Gasteiger partial charge on any atom is -0.481 e. The van der Waals surface area contributed by atoms with Gasteiger partial charge in [-0.1, -0.05) is 23.9 Å². The van der Waals surface area contributed by atoms with Gasteiger partial charge in [0, 0.05) is 14.7 Å². The molecule has 104 valence electrons. The third-order valence-corrected chi connectivity index (χ3v) is 4.70. The number of benzene rings is 2. The average molecular weight is 304 g/mol. The van der Waals surface area contributed by atoms with Crippen molar-refractivity contribution in [3.05, 3.63) is 53.6 Å². The van der Waals surface area contributed by atoms with E-state index in [1.165, 1.54) is 4.90 Å². The summed E-state index contributed by atoms with van der Waals surface area (Å²) in [4.78, 5) is 14.3. The summed E-state index contributed by atoms with van der Waals surface area (Å²) in [5.41, 5.74) is 2.00. The van der Waals surface area contributed by atoms with Gasteiger partial charge in [0.2, 0.25) is 0 Å². The molecule has 0 aliphatic heterocycles. The highest BCUT2D eigenvalue weighted by atomic mass is 32.2. The van der Waals surface area contributed by atoms with E-state index in [9.17, 15) is 4.79 Å². The normalized spacial score (nSPS) is 10.5. The Labute approximate surface area is 127 Å². The van der Waals surface area contributed by atoms with Crippen molar-refractivity contribution in [1.29, 1.82) is 0 Å². The Kier molecular flexibility index (Phi) is 5.15. The van der Waals surface area contributed by atoms with Crippen molar-refractivity contribution in [1.82, 2.24) is 0 Å². The molecule has 0 radical (unpaired) electrons. The van der Waals surface area contributed by atoms with Crippen LogP contribution in [0.15, 0.2) is 57.2 Å². The second-order valence-corrected chi connectivity index (χ2v) is 6.45. The molecule has 2 nitrogen and oxygen atoms in total. The van der Waals surface area contributed by atoms with Crippen LogP contribution in [0.2, 0.25) is 0 Å². The van der Waals surface area contributed by atoms with Crippen molar-refractivity contribution < 1.29 is 9.90 Å². The van der Waals surface area contributed by atoms with E-state index in [1.54, 1.807) is 23.5 Å². The Morgan fingerprint density at radius 1 is 1.10 bits per heavy atom. The lowest BCUT2D eigenvalue weighted by molar-refractivity contribution is -0.136. The molecule has 0 heterocycles. The monoisotopic (exact) mass is 304 g/mol. The van der Waals surface area contributed by atoms with E-state index in [4.69, 9.17) is 5.11 Å². The number of thioether (sulfide) groups is 1. The summed E-state index contributed by atoms with van der Waals surface area (Å²) in [6, 6.07) is 14.2. The van der Waals surface area contributed by atoms with Gasteiger partial charge in [0.1, 0.15) is 0 Å². The van der Waals surface area contributed by atoms with Crippen LogP contribution in [0.1, 0.15) is 11.1 Å². The molecular formula is C16H16O2S2. The molecule has 0 amide bonds. The van der Waals surface area contributed by atoms with Crippen molar-refractivity contribution in [2.45, 2.75) is 28.0 Å². The number of carboxylic acid groups (broad SMARTS) is 1. The average Bonchev–Trinajstić information content (AvgIpc) is 2.42. The molecule has 0 saturated carbocycles. The number of aliphatic carboxylic acids is 1. The second-order valence-electron chi connectivity index (χ2n) is 4.46. The zero-order valence-electron chi connectivity index (χ0n) is 11.4. The first kappa shape index (κ1) is 15.0. The molecule has 0 spiro atoms. The van der Waals surface area contributed by atoms with E-state index in [-0.39, 0.29) is 6.42 Å². The fourth-order valence-corrected chi connectivity index (χ4v) is 3.29. The Bertz CT molecular complexity index is 606. The molecule has 0 aliphatic carbocycles. The number of hydrogen-bond acceptors (Lipinski definition) is 3. The maximum atomic E-state index is 10.9. The number of carboxylic acids is 1. The Balaban J connectivity index is 2.26. The van der Waals surface area contributed by atoms with Gasteiger partial charge in [-0.2, -0.15) is 0 Å². The number of rotatable bonds is 5. The SMILES string of the molecule is CSc1ccc(Sc2cc(C)ccc2CC(=O)O)cc1. The van der Waals surface area contributed by atoms with Gasteiger partial charge >= 0.3 is 5.97 Å². The van der Waals surface area contributed by atoms with E-state index in [2.05, 4.69) is 24.3 Å². The van der Waals surface area contributed by atoms with E-state index >= 15 is 0 Å². The molecule has 0 bridgehead atoms. The molecule has 0 unspecified atom stereocenters. The van der Waals surface area contributed by atoms with Gasteiger partial charge in [0.25, 0.3) is 0 Å². The molecule has 0 saturated heterocycles. The maximum Gasteiger partial charge on any atom is 0.307 e. The lowest BCUT2D eigenvalue weighted by atomic mass is 10.1. The zero-order valence-corrected chi connectivity index (χ0v) is 13.1. The summed E-state index contributed by atoms with van der Waals surface area (Å²) >= 11 is 3.33. The van der Waals surface area contributed by atoms with Gasteiger partial charge < -0.3 is 5.11 Å². The lowest BCUT2D eigenvalue weighted by Gasteiger charge is -2.09. The highest BCUT2D eigenvalue weighted by molar-refractivity contribution is 7.99. The fraction of sp³-hybridized carbons (Fsp3) is 0.188. The van der Waals surface area contributed by atoms with Crippen LogP contribution in [-0.4, -0.2) is 17.3 Å². The van der Waals surface area contributed by atoms with Crippen molar-refractivity contribution in [2.75, 3.05) is 6.26 Å². The van der Waals surface area contributed by atoms with E-state index in [0.29, 0.717) is 0 Å². The zero-order chi connectivity index (χ0) is 14.5. The molecule has 0 aromatic heterocycles. The quantitative estimate of drug-likeness (QED) is 0.826. The van der Waals surface area contributed by atoms with Gasteiger partial charge in [-0.25, -0.2) is 0 Å². The smallest absolute Gasteiger partial charge is 0.307 e. The van der Waals surface area contributed by atoms with Crippen LogP contribution in [0.25, 0.3) is 0 Å². The van der Waals surface area contributed by atoms with Gasteiger partial charge in [-0.15, -0.1) is 11.8 Å². The Hall–Kier alpha value is -1.39. The summed E-state index contributed by atoms with van der Waals surface area (Å²) in [5.74, 6) is -0.798. The number of aryl methyl sites for hydroxylation is 1. The topological polar surface area (TPSA) is 37.3 Å². The van der Waals surface area contributed by atoms with Gasteiger partial charge in [-0.05, 0) is 54.6 Å². The van der Waals surface area contributed by atoms with Crippen LogP contribution in [0.5, 0.6) is 0 Å². The predicted octanol–water partition coefficient (Wildman–Crippen LogP) is 4.50.